The van der Waals surface area contributed by atoms with Crippen molar-refractivity contribution >= 4 is 26.9 Å². The number of fused-ring (bicyclic) bond motifs is 1. The van der Waals surface area contributed by atoms with Gasteiger partial charge in [-0.1, -0.05) is 0 Å². The third-order valence-electron chi connectivity index (χ3n) is 3.20. The van der Waals surface area contributed by atoms with E-state index in [-0.39, 0.29) is 4.90 Å². The lowest BCUT2D eigenvalue weighted by Crippen LogP contribution is -2.14. The van der Waals surface area contributed by atoms with E-state index >= 15 is 0 Å². The van der Waals surface area contributed by atoms with Gasteiger partial charge in [0.05, 0.1) is 35.7 Å². The number of aromatic amines is 1. The molecule has 0 saturated heterocycles. The molecular formula is C14H14N4O3S. The summed E-state index contributed by atoms with van der Waals surface area (Å²) in [4.78, 5) is 11.1. The fourth-order valence-electron chi connectivity index (χ4n) is 2.15. The molecule has 0 atom stereocenters. The highest BCUT2D eigenvalue weighted by Crippen LogP contribution is 2.23. The molecule has 1 aromatic carbocycles. The number of imidazole rings is 1. The fourth-order valence-corrected chi connectivity index (χ4v) is 3.41. The maximum atomic E-state index is 12.5. The third kappa shape index (κ3) is 2.60. The third-order valence-corrected chi connectivity index (χ3v) is 4.74. The van der Waals surface area contributed by atoms with Crippen molar-refractivity contribution in [1.29, 1.82) is 0 Å². The molecule has 22 heavy (non-hydrogen) atoms. The maximum absolute atomic E-state index is 12.5. The van der Waals surface area contributed by atoms with Gasteiger partial charge in [0.15, 0.2) is 5.65 Å². The Labute approximate surface area is 127 Å². The molecule has 0 aliphatic rings. The molecule has 0 saturated carbocycles. The van der Waals surface area contributed by atoms with Gasteiger partial charge in [-0.3, -0.25) is 4.72 Å². The average Bonchev–Trinajstić information content (AvgIpc) is 2.93. The molecule has 0 radical (unpaired) electrons. The summed E-state index contributed by atoms with van der Waals surface area (Å²) in [7, 11) is -2.17. The van der Waals surface area contributed by atoms with E-state index < -0.39 is 10.0 Å². The lowest BCUT2D eigenvalue weighted by Gasteiger charge is -2.11. The Morgan fingerprint density at radius 3 is 2.77 bits per heavy atom. The molecule has 2 heterocycles. The van der Waals surface area contributed by atoms with Crippen LogP contribution in [0.3, 0.4) is 0 Å². The van der Waals surface area contributed by atoms with E-state index in [1.54, 1.807) is 25.1 Å². The number of anilines is 1. The zero-order valence-electron chi connectivity index (χ0n) is 12.0. The van der Waals surface area contributed by atoms with Crippen LogP contribution in [0.5, 0.6) is 5.75 Å². The van der Waals surface area contributed by atoms with E-state index in [0.717, 1.165) is 0 Å². The number of hydrogen-bond acceptors (Lipinski definition) is 5. The first kappa shape index (κ1) is 14.3. The van der Waals surface area contributed by atoms with Crippen LogP contribution in [0.25, 0.3) is 11.2 Å². The number of aromatic nitrogens is 3. The van der Waals surface area contributed by atoms with Gasteiger partial charge in [-0.05, 0) is 36.8 Å². The predicted molar refractivity (Wildman–Crippen MR) is 82.4 cm³/mol. The summed E-state index contributed by atoms with van der Waals surface area (Å²) in [6.45, 7) is 1.72. The second-order valence-electron chi connectivity index (χ2n) is 4.73. The molecule has 0 aliphatic carbocycles. The number of benzene rings is 1. The molecule has 0 unspecified atom stereocenters. The predicted octanol–water partition coefficient (Wildman–Crippen LogP) is 2.08. The van der Waals surface area contributed by atoms with Gasteiger partial charge in [0.1, 0.15) is 5.75 Å². The van der Waals surface area contributed by atoms with Crippen LogP contribution in [-0.2, 0) is 10.0 Å². The monoisotopic (exact) mass is 318 g/mol. The van der Waals surface area contributed by atoms with Crippen LogP contribution < -0.4 is 9.46 Å². The zero-order valence-corrected chi connectivity index (χ0v) is 12.8. The quantitative estimate of drug-likeness (QED) is 0.767. The van der Waals surface area contributed by atoms with Crippen molar-refractivity contribution < 1.29 is 13.2 Å². The Hall–Kier alpha value is -2.61. The van der Waals surface area contributed by atoms with E-state index in [1.807, 2.05) is 0 Å². The van der Waals surface area contributed by atoms with Gasteiger partial charge in [-0.2, -0.15) is 0 Å². The first-order valence-electron chi connectivity index (χ1n) is 6.46. The van der Waals surface area contributed by atoms with Crippen molar-refractivity contribution in [1.82, 2.24) is 15.0 Å². The maximum Gasteiger partial charge on any atom is 0.262 e. The van der Waals surface area contributed by atoms with Gasteiger partial charge in [-0.25, -0.2) is 18.4 Å². The number of sulfonamides is 1. The Balaban J connectivity index is 1.95. The molecule has 7 nitrogen and oxygen atoms in total. The van der Waals surface area contributed by atoms with Crippen molar-refractivity contribution in [2.45, 2.75) is 11.8 Å². The Morgan fingerprint density at radius 1 is 1.23 bits per heavy atom. The summed E-state index contributed by atoms with van der Waals surface area (Å²) in [6.07, 6.45) is 2.93. The number of hydrogen-bond donors (Lipinski definition) is 2. The van der Waals surface area contributed by atoms with E-state index in [2.05, 4.69) is 19.7 Å². The van der Waals surface area contributed by atoms with Crippen LogP contribution in [0.2, 0.25) is 0 Å². The van der Waals surface area contributed by atoms with Gasteiger partial charge >= 0.3 is 0 Å². The van der Waals surface area contributed by atoms with Crippen LogP contribution in [0.4, 0.5) is 5.69 Å². The first-order chi connectivity index (χ1) is 10.5. The molecule has 0 aliphatic heterocycles. The lowest BCUT2D eigenvalue weighted by atomic mass is 10.2. The topological polar surface area (TPSA) is 97.0 Å². The fraction of sp³-hybridized carbons (Fsp3) is 0.143. The first-order valence-corrected chi connectivity index (χ1v) is 7.94. The number of methoxy groups -OCH3 is 1. The number of aryl methyl sites for hydroxylation is 1. The number of pyridine rings is 1. The van der Waals surface area contributed by atoms with E-state index in [9.17, 15) is 8.42 Å². The minimum absolute atomic E-state index is 0.193. The minimum Gasteiger partial charge on any atom is -0.497 e. The molecular weight excluding hydrogens is 304 g/mol. The smallest absolute Gasteiger partial charge is 0.262 e. The van der Waals surface area contributed by atoms with E-state index in [0.29, 0.717) is 28.2 Å². The highest BCUT2D eigenvalue weighted by Gasteiger charge is 2.18. The van der Waals surface area contributed by atoms with E-state index in [4.69, 9.17) is 4.74 Å². The van der Waals surface area contributed by atoms with Gasteiger partial charge < -0.3 is 9.72 Å². The van der Waals surface area contributed by atoms with Gasteiger partial charge in [0.25, 0.3) is 10.0 Å². The second-order valence-corrected chi connectivity index (χ2v) is 6.39. The summed E-state index contributed by atoms with van der Waals surface area (Å²) in [5.74, 6) is 0.608. The molecule has 0 bridgehead atoms. The molecule has 0 spiro atoms. The summed E-state index contributed by atoms with van der Waals surface area (Å²) in [6, 6.07) is 6.44. The van der Waals surface area contributed by atoms with Crippen LogP contribution in [-0.4, -0.2) is 30.5 Å². The summed E-state index contributed by atoms with van der Waals surface area (Å²) in [5, 5.41) is 0. The Bertz CT molecular complexity index is 934. The Kier molecular flexibility index (Phi) is 3.45. The van der Waals surface area contributed by atoms with Crippen LogP contribution in [0.1, 0.15) is 5.56 Å². The van der Waals surface area contributed by atoms with Crippen molar-refractivity contribution in [3.63, 3.8) is 0 Å². The van der Waals surface area contributed by atoms with Crippen molar-refractivity contribution in [2.75, 3.05) is 11.8 Å². The zero-order chi connectivity index (χ0) is 15.7. The van der Waals surface area contributed by atoms with Gasteiger partial charge in [0.2, 0.25) is 0 Å². The highest BCUT2D eigenvalue weighted by atomic mass is 32.2. The average molecular weight is 318 g/mol. The van der Waals surface area contributed by atoms with Crippen LogP contribution >= 0.6 is 0 Å². The highest BCUT2D eigenvalue weighted by molar-refractivity contribution is 7.92. The number of nitrogens with one attached hydrogen (secondary N) is 2. The molecule has 0 amide bonds. The SMILES string of the molecule is COc1ccc(S(=O)(=O)Nc2cnc3nc[nH]c3c2)c(C)c1. The van der Waals surface area contributed by atoms with Gasteiger partial charge in [0, 0.05) is 0 Å². The summed E-state index contributed by atoms with van der Waals surface area (Å²) in [5.41, 5.74) is 2.16. The second kappa shape index (κ2) is 5.30. The van der Waals surface area contributed by atoms with Crippen LogP contribution in [0.15, 0.2) is 41.7 Å². The largest absolute Gasteiger partial charge is 0.497 e. The minimum atomic E-state index is -3.70. The van der Waals surface area contributed by atoms with Crippen molar-refractivity contribution in [2.24, 2.45) is 0 Å². The summed E-state index contributed by atoms with van der Waals surface area (Å²) >= 11 is 0. The van der Waals surface area contributed by atoms with Crippen LogP contribution in [0, 0.1) is 6.92 Å². The number of nitrogens with zero attached hydrogens (tertiary/aromatic N) is 2. The molecule has 2 aromatic heterocycles. The lowest BCUT2D eigenvalue weighted by molar-refractivity contribution is 0.414. The number of ether oxygens (including phenoxy) is 1. The number of H-pyrrole nitrogens is 1. The van der Waals surface area contributed by atoms with Crippen molar-refractivity contribution in [3.05, 3.63) is 42.4 Å². The standard InChI is InChI=1S/C14H14N4O3S/c1-9-5-11(21-2)3-4-13(9)22(19,20)18-10-6-12-14(15-7-10)17-8-16-12/h3-8,18H,1-2H3,(H,15,16,17). The number of rotatable bonds is 4. The Morgan fingerprint density at radius 2 is 2.05 bits per heavy atom. The molecule has 8 heteroatoms. The molecule has 114 valence electrons. The van der Waals surface area contributed by atoms with Crippen molar-refractivity contribution in [3.8, 4) is 5.75 Å². The molecule has 3 aromatic rings. The molecule has 2 N–H and O–H groups in total. The normalized spacial score (nSPS) is 11.5. The molecule has 0 fully saturated rings. The summed E-state index contributed by atoms with van der Waals surface area (Å²) < 4.78 is 32.6. The molecule has 3 rings (SSSR count). The van der Waals surface area contributed by atoms with E-state index in [1.165, 1.54) is 25.7 Å². The van der Waals surface area contributed by atoms with Gasteiger partial charge in [-0.15, -0.1) is 0 Å².